The molecule has 0 aliphatic rings. The Hall–Kier alpha value is -1.00. The third kappa shape index (κ3) is 4.36. The summed E-state index contributed by atoms with van der Waals surface area (Å²) in [5.74, 6) is 1.38. The Labute approximate surface area is 93.7 Å². The van der Waals surface area contributed by atoms with Gasteiger partial charge in [-0.2, -0.15) is 11.8 Å². The second-order valence-electron chi connectivity index (χ2n) is 3.19. The average Bonchev–Trinajstić information content (AvgIpc) is 2.25. The number of primary amides is 1. The van der Waals surface area contributed by atoms with E-state index in [-0.39, 0.29) is 6.61 Å². The maximum atomic E-state index is 10.9. The molecule has 0 unspecified atom stereocenters. The van der Waals surface area contributed by atoms with E-state index in [1.165, 1.54) is 0 Å². The quantitative estimate of drug-likeness (QED) is 0.719. The van der Waals surface area contributed by atoms with Gasteiger partial charge in [0.2, 0.25) is 5.91 Å². The van der Waals surface area contributed by atoms with Gasteiger partial charge in [-0.3, -0.25) is 4.79 Å². The van der Waals surface area contributed by atoms with Crippen molar-refractivity contribution in [1.82, 2.24) is 0 Å². The van der Waals surface area contributed by atoms with Crippen molar-refractivity contribution in [1.29, 1.82) is 0 Å². The van der Waals surface area contributed by atoms with Gasteiger partial charge < -0.3 is 10.8 Å². The first-order valence-electron chi connectivity index (χ1n) is 4.81. The maximum Gasteiger partial charge on any atom is 0.248 e. The van der Waals surface area contributed by atoms with Crippen LogP contribution in [0.1, 0.15) is 22.3 Å². The molecule has 3 nitrogen and oxygen atoms in total. The molecule has 1 amide bonds. The van der Waals surface area contributed by atoms with E-state index in [2.05, 4.69) is 0 Å². The van der Waals surface area contributed by atoms with Crippen molar-refractivity contribution >= 4 is 17.7 Å². The van der Waals surface area contributed by atoms with Crippen LogP contribution in [0.5, 0.6) is 0 Å². The molecule has 0 aliphatic heterocycles. The lowest BCUT2D eigenvalue weighted by molar-refractivity contribution is 0.1000. The molecular formula is C11H15NO2S. The highest BCUT2D eigenvalue weighted by molar-refractivity contribution is 7.98. The van der Waals surface area contributed by atoms with Crippen LogP contribution in [-0.4, -0.2) is 23.4 Å². The van der Waals surface area contributed by atoms with Crippen molar-refractivity contribution in [2.24, 2.45) is 5.73 Å². The van der Waals surface area contributed by atoms with Gasteiger partial charge in [-0.15, -0.1) is 0 Å². The third-order valence-electron chi connectivity index (χ3n) is 1.93. The third-order valence-corrected chi connectivity index (χ3v) is 3.04. The van der Waals surface area contributed by atoms with Crippen molar-refractivity contribution in [2.75, 3.05) is 12.4 Å². The maximum absolute atomic E-state index is 10.9. The molecule has 1 aromatic rings. The number of thioether (sulfide) groups is 1. The molecule has 0 bridgehead atoms. The Kier molecular flexibility index (Phi) is 5.21. The van der Waals surface area contributed by atoms with Crippen molar-refractivity contribution in [3.8, 4) is 0 Å². The van der Waals surface area contributed by atoms with Gasteiger partial charge in [0.05, 0.1) is 0 Å². The molecule has 3 N–H and O–H groups in total. The van der Waals surface area contributed by atoms with Crippen LogP contribution in [0.3, 0.4) is 0 Å². The van der Waals surface area contributed by atoms with Crippen molar-refractivity contribution in [3.05, 3.63) is 35.4 Å². The zero-order valence-corrected chi connectivity index (χ0v) is 9.30. The topological polar surface area (TPSA) is 63.3 Å². The monoisotopic (exact) mass is 225 g/mol. The Morgan fingerprint density at radius 1 is 1.47 bits per heavy atom. The Morgan fingerprint density at radius 3 is 2.93 bits per heavy atom. The molecule has 0 heterocycles. The first-order valence-corrected chi connectivity index (χ1v) is 5.97. The normalized spacial score (nSPS) is 10.2. The highest BCUT2D eigenvalue weighted by Gasteiger charge is 2.00. The standard InChI is InChI=1S/C11H15NO2S/c12-11(14)10-4-1-3-9(7-10)8-15-6-2-5-13/h1,3-4,7,13H,2,5-6,8H2,(H2,12,14). The fourth-order valence-electron chi connectivity index (χ4n) is 1.17. The fraction of sp³-hybridized carbons (Fsp3) is 0.364. The summed E-state index contributed by atoms with van der Waals surface area (Å²) in [6.07, 6.45) is 0.806. The highest BCUT2D eigenvalue weighted by atomic mass is 32.2. The van der Waals surface area contributed by atoms with Crippen LogP contribution in [0.4, 0.5) is 0 Å². The lowest BCUT2D eigenvalue weighted by Crippen LogP contribution is -2.10. The summed E-state index contributed by atoms with van der Waals surface area (Å²) >= 11 is 1.74. The number of hydrogen-bond acceptors (Lipinski definition) is 3. The van der Waals surface area contributed by atoms with Crippen LogP contribution in [-0.2, 0) is 5.75 Å². The van der Waals surface area contributed by atoms with E-state index < -0.39 is 5.91 Å². The second-order valence-corrected chi connectivity index (χ2v) is 4.30. The zero-order chi connectivity index (χ0) is 11.1. The first kappa shape index (κ1) is 12.1. The number of benzene rings is 1. The van der Waals surface area contributed by atoms with E-state index >= 15 is 0 Å². The smallest absolute Gasteiger partial charge is 0.248 e. The predicted molar refractivity (Wildman–Crippen MR) is 62.8 cm³/mol. The largest absolute Gasteiger partial charge is 0.396 e. The molecule has 1 rings (SSSR count). The van der Waals surface area contributed by atoms with Gasteiger partial charge in [0.25, 0.3) is 0 Å². The van der Waals surface area contributed by atoms with E-state index in [4.69, 9.17) is 10.8 Å². The Morgan fingerprint density at radius 2 is 2.27 bits per heavy atom. The zero-order valence-electron chi connectivity index (χ0n) is 8.48. The van der Waals surface area contributed by atoms with Crippen LogP contribution in [0.25, 0.3) is 0 Å². The minimum Gasteiger partial charge on any atom is -0.396 e. The molecule has 82 valence electrons. The van der Waals surface area contributed by atoms with Crippen molar-refractivity contribution < 1.29 is 9.90 Å². The van der Waals surface area contributed by atoms with E-state index in [9.17, 15) is 4.79 Å². The summed E-state index contributed by atoms with van der Waals surface area (Å²) < 4.78 is 0. The predicted octanol–water partition coefficient (Wildman–Crippen LogP) is 1.40. The lowest BCUT2D eigenvalue weighted by Gasteiger charge is -2.02. The highest BCUT2D eigenvalue weighted by Crippen LogP contribution is 2.14. The van der Waals surface area contributed by atoms with Crippen molar-refractivity contribution in [3.63, 3.8) is 0 Å². The molecule has 0 spiro atoms. The van der Waals surface area contributed by atoms with Crippen LogP contribution in [0, 0.1) is 0 Å². The van der Waals surface area contributed by atoms with Gasteiger partial charge in [-0.25, -0.2) is 0 Å². The molecule has 0 atom stereocenters. The molecule has 0 radical (unpaired) electrons. The van der Waals surface area contributed by atoms with Crippen LogP contribution < -0.4 is 5.73 Å². The SMILES string of the molecule is NC(=O)c1cccc(CSCCCO)c1. The molecule has 0 aromatic heterocycles. The van der Waals surface area contributed by atoms with Gasteiger partial charge in [-0.05, 0) is 29.9 Å². The second kappa shape index (κ2) is 6.48. The van der Waals surface area contributed by atoms with Gasteiger partial charge in [-0.1, -0.05) is 12.1 Å². The van der Waals surface area contributed by atoms with Crippen LogP contribution >= 0.6 is 11.8 Å². The minimum atomic E-state index is -0.391. The molecule has 0 aliphatic carbocycles. The minimum absolute atomic E-state index is 0.230. The van der Waals surface area contributed by atoms with E-state index in [0.29, 0.717) is 5.56 Å². The summed E-state index contributed by atoms with van der Waals surface area (Å²) in [5.41, 5.74) is 6.82. The number of carbonyl (C=O) groups is 1. The van der Waals surface area contributed by atoms with Gasteiger partial charge in [0.15, 0.2) is 0 Å². The number of hydrogen-bond donors (Lipinski definition) is 2. The molecule has 15 heavy (non-hydrogen) atoms. The van der Waals surface area contributed by atoms with E-state index in [0.717, 1.165) is 23.5 Å². The number of nitrogens with two attached hydrogens (primary N) is 1. The molecule has 0 saturated carbocycles. The number of aliphatic hydroxyl groups excluding tert-OH is 1. The summed E-state index contributed by atoms with van der Waals surface area (Å²) in [5, 5.41) is 8.61. The van der Waals surface area contributed by atoms with E-state index in [1.54, 1.807) is 17.8 Å². The molecule has 0 fully saturated rings. The summed E-state index contributed by atoms with van der Waals surface area (Å²) in [4.78, 5) is 10.9. The summed E-state index contributed by atoms with van der Waals surface area (Å²) in [6, 6.07) is 7.33. The van der Waals surface area contributed by atoms with Gasteiger partial charge in [0.1, 0.15) is 0 Å². The molecule has 0 saturated heterocycles. The first-order chi connectivity index (χ1) is 7.24. The fourth-order valence-corrected chi connectivity index (χ4v) is 2.06. The summed E-state index contributed by atoms with van der Waals surface area (Å²) in [7, 11) is 0. The molecule has 1 aromatic carbocycles. The average molecular weight is 225 g/mol. The number of aliphatic hydroxyl groups is 1. The molecular weight excluding hydrogens is 210 g/mol. The van der Waals surface area contributed by atoms with E-state index in [1.807, 2.05) is 18.2 Å². The number of carbonyl (C=O) groups excluding carboxylic acids is 1. The summed E-state index contributed by atoms with van der Waals surface area (Å²) in [6.45, 7) is 0.230. The Bertz CT molecular complexity index is 328. The number of amides is 1. The van der Waals surface area contributed by atoms with Gasteiger partial charge in [0, 0.05) is 17.9 Å². The van der Waals surface area contributed by atoms with Crippen LogP contribution in [0.15, 0.2) is 24.3 Å². The number of rotatable bonds is 6. The van der Waals surface area contributed by atoms with Crippen LogP contribution in [0.2, 0.25) is 0 Å². The van der Waals surface area contributed by atoms with Crippen molar-refractivity contribution in [2.45, 2.75) is 12.2 Å². The Balaban J connectivity index is 2.47. The lowest BCUT2D eigenvalue weighted by atomic mass is 10.1. The molecule has 4 heteroatoms. The van der Waals surface area contributed by atoms with Gasteiger partial charge >= 0.3 is 0 Å².